The molecule has 0 radical (unpaired) electrons. The van der Waals surface area contributed by atoms with Gasteiger partial charge in [0.15, 0.2) is 5.78 Å². The van der Waals surface area contributed by atoms with Gasteiger partial charge in [-0.1, -0.05) is 48.5 Å². The summed E-state index contributed by atoms with van der Waals surface area (Å²) in [6.45, 7) is 19.4. The Labute approximate surface area is 292 Å². The van der Waals surface area contributed by atoms with E-state index in [1.54, 1.807) is 24.7 Å². The molecule has 1 heterocycles. The van der Waals surface area contributed by atoms with Crippen molar-refractivity contribution in [3.05, 3.63) is 23.5 Å². The number of rotatable bonds is 7. The van der Waals surface area contributed by atoms with E-state index in [2.05, 4.69) is 58.9 Å². The second-order valence-corrected chi connectivity index (χ2v) is 18.8. The van der Waals surface area contributed by atoms with Crippen molar-refractivity contribution in [1.29, 1.82) is 0 Å². The van der Waals surface area contributed by atoms with Gasteiger partial charge in [-0.15, -0.1) is 0 Å². The summed E-state index contributed by atoms with van der Waals surface area (Å²) in [6.07, 6.45) is 10.7. The number of carboxylic acids is 1. The third-order valence-electron chi connectivity index (χ3n) is 15.2. The minimum Gasteiger partial charge on any atom is -0.481 e. The molecule has 0 bridgehead atoms. The lowest BCUT2D eigenvalue weighted by atomic mass is 9.33. The molecule has 1 aromatic rings. The molecule has 0 aromatic carbocycles. The molecule has 0 unspecified atom stereocenters. The number of hydrogen-bond donors (Lipinski definition) is 2. The van der Waals surface area contributed by atoms with E-state index in [1.807, 2.05) is 13.2 Å². The number of aryl methyl sites for hydroxylation is 1. The monoisotopic (exact) mass is 677 g/mol. The van der Waals surface area contributed by atoms with Crippen molar-refractivity contribution in [2.24, 2.45) is 63.2 Å². The molecule has 5 aliphatic rings. The van der Waals surface area contributed by atoms with Gasteiger partial charge in [-0.25, -0.2) is 0 Å². The van der Waals surface area contributed by atoms with Crippen molar-refractivity contribution in [2.75, 3.05) is 5.32 Å². The van der Waals surface area contributed by atoms with Crippen LogP contribution in [0.25, 0.3) is 0 Å². The molecular formula is C40H59N3O6. The number of esters is 1. The first-order valence-corrected chi connectivity index (χ1v) is 18.6. The summed E-state index contributed by atoms with van der Waals surface area (Å²) in [4.78, 5) is 53.0. The number of nitrogens with one attached hydrogen (secondary N) is 1. The highest BCUT2D eigenvalue weighted by atomic mass is 16.5. The molecule has 1 aromatic heterocycles. The molecule has 1 amide bonds. The predicted octanol–water partition coefficient (Wildman–Crippen LogP) is 7.75. The van der Waals surface area contributed by atoms with Crippen molar-refractivity contribution in [1.82, 2.24) is 9.78 Å². The molecule has 0 aliphatic heterocycles. The Balaban J connectivity index is 1.31. The van der Waals surface area contributed by atoms with E-state index in [1.165, 1.54) is 0 Å². The Morgan fingerprint density at radius 1 is 1.00 bits per heavy atom. The highest BCUT2D eigenvalue weighted by Crippen LogP contribution is 2.76. The van der Waals surface area contributed by atoms with Crippen molar-refractivity contribution in [2.45, 2.75) is 133 Å². The fourth-order valence-electron chi connectivity index (χ4n) is 12.5. The average Bonchev–Trinajstić information content (AvgIpc) is 3.54. The molecule has 8 atom stereocenters. The molecular weight excluding hydrogens is 618 g/mol. The molecule has 5 aliphatic carbocycles. The summed E-state index contributed by atoms with van der Waals surface area (Å²) in [5.74, 6) is -0.330. The zero-order chi connectivity index (χ0) is 36.1. The zero-order valence-electron chi connectivity index (χ0n) is 31.5. The van der Waals surface area contributed by atoms with Crippen LogP contribution in [0.1, 0.15) is 127 Å². The van der Waals surface area contributed by atoms with Crippen LogP contribution in [0.4, 0.5) is 5.69 Å². The van der Waals surface area contributed by atoms with Gasteiger partial charge in [0.25, 0.3) is 0 Å². The normalized spacial score (nSPS) is 38.3. The summed E-state index contributed by atoms with van der Waals surface area (Å²) < 4.78 is 7.82. The van der Waals surface area contributed by atoms with E-state index in [0.29, 0.717) is 23.9 Å². The summed E-state index contributed by atoms with van der Waals surface area (Å²) >= 11 is 0. The Bertz CT molecular complexity index is 1600. The molecule has 270 valence electrons. The van der Waals surface area contributed by atoms with Gasteiger partial charge in [0.2, 0.25) is 5.91 Å². The largest absolute Gasteiger partial charge is 0.481 e. The maximum Gasteiger partial charge on any atom is 0.309 e. The minimum atomic E-state index is -1.17. The summed E-state index contributed by atoms with van der Waals surface area (Å²) in [7, 11) is 1.83. The number of ether oxygens (including phenoxy) is 1. The Morgan fingerprint density at radius 3 is 2.31 bits per heavy atom. The van der Waals surface area contributed by atoms with Gasteiger partial charge in [-0.2, -0.15) is 5.10 Å². The van der Waals surface area contributed by atoms with Crippen LogP contribution in [0.5, 0.6) is 0 Å². The van der Waals surface area contributed by atoms with Gasteiger partial charge in [-0.05, 0) is 116 Å². The Morgan fingerprint density at radius 2 is 1.69 bits per heavy atom. The number of allylic oxidation sites excluding steroid dienone is 1. The number of amides is 1. The number of aromatic nitrogens is 2. The quantitative estimate of drug-likeness (QED) is 0.283. The molecule has 9 nitrogen and oxygen atoms in total. The standard InChI is InChI=1S/C40H59N3O6/c1-23(2)31-26(44)19-40(33(46)42-24-21-41-43(10)22-24)18-17-38(8)25(32(31)40)11-12-28-37(7)15-14-29(49-30(45)20-35(3,4)34(47)48)36(5,6)27(37)13-16-39(28,38)9/h21-23,25,27-29H,11-20H2,1-10H3,(H,42,46)(H,47,48)/t25-,27+,28-,29+,37+,38-,39-,40-/m1/s1. The molecule has 6 rings (SSSR count). The van der Waals surface area contributed by atoms with Crippen molar-refractivity contribution < 1.29 is 29.0 Å². The molecule has 4 fully saturated rings. The van der Waals surface area contributed by atoms with Crippen LogP contribution < -0.4 is 5.32 Å². The fraction of sp³-hybridized carbons (Fsp3) is 0.775. The first kappa shape index (κ1) is 35.8. The van der Waals surface area contributed by atoms with Gasteiger partial charge in [-0.3, -0.25) is 23.9 Å². The van der Waals surface area contributed by atoms with Gasteiger partial charge in [0.1, 0.15) is 6.10 Å². The Kier molecular flexibility index (Phi) is 8.43. The summed E-state index contributed by atoms with van der Waals surface area (Å²) in [6, 6.07) is 0. The highest BCUT2D eigenvalue weighted by molar-refractivity contribution is 6.09. The summed E-state index contributed by atoms with van der Waals surface area (Å²) in [5.41, 5.74) is 0.432. The first-order chi connectivity index (χ1) is 22.6. The maximum atomic E-state index is 14.4. The lowest BCUT2D eigenvalue weighted by molar-refractivity contribution is -0.233. The number of fused-ring (bicyclic) bond motifs is 7. The fourth-order valence-corrected chi connectivity index (χ4v) is 12.5. The number of hydrogen-bond acceptors (Lipinski definition) is 6. The first-order valence-electron chi connectivity index (χ1n) is 18.6. The number of carbonyl (C=O) groups excluding carboxylic acids is 3. The maximum absolute atomic E-state index is 14.4. The Hall–Kier alpha value is -2.97. The van der Waals surface area contributed by atoms with E-state index >= 15 is 0 Å². The van der Waals surface area contributed by atoms with Crippen LogP contribution in [0.2, 0.25) is 0 Å². The van der Waals surface area contributed by atoms with Crippen molar-refractivity contribution in [3.8, 4) is 0 Å². The molecule has 9 heteroatoms. The smallest absolute Gasteiger partial charge is 0.309 e. The van der Waals surface area contributed by atoms with Gasteiger partial charge >= 0.3 is 11.9 Å². The van der Waals surface area contributed by atoms with E-state index < -0.39 is 22.8 Å². The highest BCUT2D eigenvalue weighted by Gasteiger charge is 2.71. The predicted molar refractivity (Wildman–Crippen MR) is 187 cm³/mol. The SMILES string of the molecule is CC(C)C1=C2[C@H]3CC[C@@H]4[C@@]5(C)CC[C@H](OC(=O)CC(C)(C)C(=O)O)C(C)(C)[C@@H]5CC[C@@]4(C)[C@]3(C)CC[C@@]2(C(=O)Nc2cnn(C)c2)CC1=O. The minimum absolute atomic E-state index is 0.0129. The van der Waals surface area contributed by atoms with Gasteiger partial charge < -0.3 is 15.2 Å². The van der Waals surface area contributed by atoms with Crippen LogP contribution >= 0.6 is 0 Å². The number of ketones is 1. The van der Waals surface area contributed by atoms with E-state index in [-0.39, 0.29) is 64.1 Å². The molecule has 0 spiro atoms. The number of aliphatic carboxylic acids is 1. The third-order valence-corrected chi connectivity index (χ3v) is 15.2. The van der Waals surface area contributed by atoms with Gasteiger partial charge in [0.05, 0.1) is 29.1 Å². The number of anilines is 1. The number of Topliss-reactive ketones (excluding diaryl/α,β-unsaturated/α-hetero) is 1. The van der Waals surface area contributed by atoms with Crippen LogP contribution in [0.15, 0.2) is 23.5 Å². The average molecular weight is 678 g/mol. The van der Waals surface area contributed by atoms with E-state index in [0.717, 1.165) is 56.1 Å². The van der Waals surface area contributed by atoms with Crippen LogP contribution in [-0.4, -0.2) is 44.6 Å². The lowest BCUT2D eigenvalue weighted by Gasteiger charge is -2.72. The van der Waals surface area contributed by atoms with Crippen molar-refractivity contribution >= 4 is 29.3 Å². The number of carbonyl (C=O) groups is 4. The molecule has 0 saturated heterocycles. The van der Waals surface area contributed by atoms with Crippen LogP contribution in [0.3, 0.4) is 0 Å². The molecule has 49 heavy (non-hydrogen) atoms. The van der Waals surface area contributed by atoms with Crippen LogP contribution in [-0.2, 0) is 31.0 Å². The van der Waals surface area contributed by atoms with E-state index in [9.17, 15) is 24.3 Å². The van der Waals surface area contributed by atoms with E-state index in [4.69, 9.17) is 4.74 Å². The topological polar surface area (TPSA) is 128 Å². The second kappa shape index (κ2) is 11.5. The lowest BCUT2D eigenvalue weighted by Crippen LogP contribution is -2.66. The van der Waals surface area contributed by atoms with Crippen molar-refractivity contribution in [3.63, 3.8) is 0 Å². The molecule has 4 saturated carbocycles. The second-order valence-electron chi connectivity index (χ2n) is 18.8. The molecule has 2 N–H and O–H groups in total. The van der Waals surface area contributed by atoms with Gasteiger partial charge in [0, 0.05) is 25.1 Å². The number of nitrogens with zero attached hydrogens (tertiary/aromatic N) is 2. The number of carboxylic acid groups (broad SMARTS) is 1. The summed E-state index contributed by atoms with van der Waals surface area (Å²) in [5, 5.41) is 17.0. The van der Waals surface area contributed by atoms with Crippen LogP contribution in [0, 0.1) is 56.2 Å². The zero-order valence-corrected chi connectivity index (χ0v) is 31.5. The third kappa shape index (κ3) is 5.17.